The largest absolute Gasteiger partial charge is 0.462 e. The average Bonchev–Trinajstić information content (AvgIpc) is 3.47. The summed E-state index contributed by atoms with van der Waals surface area (Å²) in [5, 5.41) is 0. The molecule has 0 saturated heterocycles. The van der Waals surface area contributed by atoms with Crippen LogP contribution in [0.15, 0.2) is 24.3 Å². The Morgan fingerprint density at radius 3 is 0.683 bits per heavy atom. The first-order chi connectivity index (χ1) is 40.5. The first-order valence-corrected chi connectivity index (χ1v) is 37.3. The molecule has 0 rings (SSSR count). The molecular weight excluding hydrogens is 1010 g/mol. The van der Waals surface area contributed by atoms with E-state index in [0.29, 0.717) is 19.3 Å². The van der Waals surface area contributed by atoms with Crippen molar-refractivity contribution in [2.75, 3.05) is 13.2 Å². The van der Waals surface area contributed by atoms with Crippen molar-refractivity contribution < 1.29 is 28.6 Å². The highest BCUT2D eigenvalue weighted by Gasteiger charge is 2.20. The van der Waals surface area contributed by atoms with E-state index in [1.54, 1.807) is 0 Å². The fourth-order valence-corrected chi connectivity index (χ4v) is 11.6. The van der Waals surface area contributed by atoms with Gasteiger partial charge >= 0.3 is 17.9 Å². The lowest BCUT2D eigenvalue weighted by molar-refractivity contribution is -0.167. The van der Waals surface area contributed by atoms with Gasteiger partial charge in [0.25, 0.3) is 0 Å². The maximum absolute atomic E-state index is 12.9. The van der Waals surface area contributed by atoms with E-state index in [1.807, 2.05) is 0 Å². The molecule has 0 bridgehead atoms. The van der Waals surface area contributed by atoms with Crippen LogP contribution in [0.4, 0.5) is 0 Å². The summed E-state index contributed by atoms with van der Waals surface area (Å²) in [7, 11) is 0. The molecule has 0 amide bonds. The van der Waals surface area contributed by atoms with Crippen LogP contribution < -0.4 is 0 Å². The number of hydrogen-bond acceptors (Lipinski definition) is 6. The highest BCUT2D eigenvalue weighted by atomic mass is 16.6. The Morgan fingerprint density at radius 1 is 0.244 bits per heavy atom. The molecule has 0 aromatic rings. The zero-order valence-corrected chi connectivity index (χ0v) is 55.8. The Hall–Kier alpha value is -2.11. The standard InChI is InChI=1S/C76H144O6/c1-4-7-10-13-16-19-22-25-28-30-32-33-34-35-36-37-38-39-40-41-42-43-44-46-48-51-54-57-60-63-66-69-75(78)81-72-73(71-80-74(77)68-65-62-59-56-53-50-47-27-24-21-18-15-12-9-6-3)82-76(79)70-67-64-61-58-55-52-49-45-31-29-26-23-20-17-14-11-8-5-2/h20,23,29,31,73H,4-19,21-22,24-28,30,32-72H2,1-3H3/b23-20-,31-29-. The molecule has 1 unspecified atom stereocenters. The van der Waals surface area contributed by atoms with E-state index in [1.165, 1.54) is 315 Å². The third-order valence-electron chi connectivity index (χ3n) is 17.2. The Morgan fingerprint density at radius 2 is 0.439 bits per heavy atom. The van der Waals surface area contributed by atoms with E-state index >= 15 is 0 Å². The van der Waals surface area contributed by atoms with E-state index in [0.717, 1.165) is 70.6 Å². The predicted molar refractivity (Wildman–Crippen MR) is 358 cm³/mol. The van der Waals surface area contributed by atoms with E-state index in [-0.39, 0.29) is 31.1 Å². The molecule has 82 heavy (non-hydrogen) atoms. The maximum Gasteiger partial charge on any atom is 0.306 e. The second kappa shape index (κ2) is 71.4. The van der Waals surface area contributed by atoms with E-state index in [2.05, 4.69) is 45.1 Å². The minimum absolute atomic E-state index is 0.0680. The van der Waals surface area contributed by atoms with Gasteiger partial charge in [-0.1, -0.05) is 379 Å². The maximum atomic E-state index is 12.9. The molecule has 0 radical (unpaired) electrons. The molecule has 0 heterocycles. The van der Waals surface area contributed by atoms with Gasteiger partial charge in [-0.05, 0) is 51.4 Å². The molecule has 484 valence electrons. The third kappa shape index (κ3) is 68.7. The van der Waals surface area contributed by atoms with Gasteiger partial charge in [0.2, 0.25) is 0 Å². The molecule has 0 saturated carbocycles. The Labute approximate surface area is 513 Å². The van der Waals surface area contributed by atoms with Crippen molar-refractivity contribution in [3.8, 4) is 0 Å². The smallest absolute Gasteiger partial charge is 0.306 e. The van der Waals surface area contributed by atoms with Crippen LogP contribution in [0.3, 0.4) is 0 Å². The van der Waals surface area contributed by atoms with Crippen molar-refractivity contribution in [3.05, 3.63) is 24.3 Å². The second-order valence-electron chi connectivity index (χ2n) is 25.6. The lowest BCUT2D eigenvalue weighted by atomic mass is 10.0. The average molecular weight is 1150 g/mol. The van der Waals surface area contributed by atoms with Crippen LogP contribution in [0.5, 0.6) is 0 Å². The number of carbonyl (C=O) groups excluding carboxylic acids is 3. The van der Waals surface area contributed by atoms with Gasteiger partial charge in [0.15, 0.2) is 6.10 Å². The zero-order valence-electron chi connectivity index (χ0n) is 55.8. The monoisotopic (exact) mass is 1150 g/mol. The van der Waals surface area contributed by atoms with Crippen molar-refractivity contribution in [2.24, 2.45) is 0 Å². The van der Waals surface area contributed by atoms with E-state index in [9.17, 15) is 14.4 Å². The fourth-order valence-electron chi connectivity index (χ4n) is 11.6. The topological polar surface area (TPSA) is 78.9 Å². The zero-order chi connectivity index (χ0) is 59.2. The summed E-state index contributed by atoms with van der Waals surface area (Å²) in [4.78, 5) is 38.5. The molecular formula is C76H144O6. The molecule has 0 aromatic carbocycles. The van der Waals surface area contributed by atoms with Gasteiger partial charge < -0.3 is 14.2 Å². The van der Waals surface area contributed by atoms with E-state index < -0.39 is 6.10 Å². The summed E-state index contributed by atoms with van der Waals surface area (Å²) in [5.74, 6) is -0.842. The number of hydrogen-bond donors (Lipinski definition) is 0. The summed E-state index contributed by atoms with van der Waals surface area (Å²) in [6, 6.07) is 0. The van der Waals surface area contributed by atoms with Crippen LogP contribution in [0, 0.1) is 0 Å². The summed E-state index contributed by atoms with van der Waals surface area (Å²) in [5.41, 5.74) is 0. The summed E-state index contributed by atoms with van der Waals surface area (Å²) < 4.78 is 17.0. The number of unbranched alkanes of at least 4 members (excludes halogenated alkanes) is 55. The van der Waals surface area contributed by atoms with Crippen molar-refractivity contribution in [3.63, 3.8) is 0 Å². The van der Waals surface area contributed by atoms with Gasteiger partial charge in [-0.3, -0.25) is 14.4 Å². The summed E-state index contributed by atoms with van der Waals surface area (Å²) >= 11 is 0. The fraction of sp³-hybridized carbons (Fsp3) is 0.908. The molecule has 0 N–H and O–H groups in total. The van der Waals surface area contributed by atoms with Crippen molar-refractivity contribution >= 4 is 17.9 Å². The molecule has 1 atom stereocenters. The third-order valence-corrected chi connectivity index (χ3v) is 17.2. The van der Waals surface area contributed by atoms with Gasteiger partial charge in [0, 0.05) is 19.3 Å². The molecule has 0 aliphatic rings. The van der Waals surface area contributed by atoms with Gasteiger partial charge in [-0.15, -0.1) is 0 Å². The van der Waals surface area contributed by atoms with Gasteiger partial charge in [-0.2, -0.15) is 0 Å². The van der Waals surface area contributed by atoms with Crippen molar-refractivity contribution in [1.82, 2.24) is 0 Å². The van der Waals surface area contributed by atoms with E-state index in [4.69, 9.17) is 14.2 Å². The minimum atomic E-state index is -0.773. The Balaban J connectivity index is 4.16. The SMILES string of the molecule is CCCCCC/C=C\C/C=C\CCCCCCCCCC(=O)OC(COC(=O)CCCCCCCCCCCCCCCCC)COC(=O)CCCCCCCCCCCCCCCCCCCCCCCCCCCCCCCCC. The normalized spacial score (nSPS) is 12.1. The highest BCUT2D eigenvalue weighted by Crippen LogP contribution is 2.19. The molecule has 6 nitrogen and oxygen atoms in total. The van der Waals surface area contributed by atoms with Crippen LogP contribution >= 0.6 is 0 Å². The minimum Gasteiger partial charge on any atom is -0.462 e. The number of esters is 3. The first-order valence-electron chi connectivity index (χ1n) is 37.3. The molecule has 0 aliphatic heterocycles. The molecule has 0 spiro atoms. The van der Waals surface area contributed by atoms with Crippen molar-refractivity contribution in [1.29, 1.82) is 0 Å². The molecule has 0 fully saturated rings. The lowest BCUT2D eigenvalue weighted by Crippen LogP contribution is -2.30. The van der Waals surface area contributed by atoms with Crippen LogP contribution in [0.25, 0.3) is 0 Å². The first kappa shape index (κ1) is 79.9. The molecule has 0 aliphatic carbocycles. The number of carbonyl (C=O) groups is 3. The Kier molecular flexibility index (Phi) is 69.5. The van der Waals surface area contributed by atoms with Gasteiger partial charge in [0.1, 0.15) is 13.2 Å². The number of rotatable bonds is 70. The number of ether oxygens (including phenoxy) is 3. The molecule has 6 heteroatoms. The highest BCUT2D eigenvalue weighted by molar-refractivity contribution is 5.71. The Bertz CT molecular complexity index is 1320. The number of allylic oxidation sites excluding steroid dienone is 4. The van der Waals surface area contributed by atoms with Crippen LogP contribution in [0.1, 0.15) is 425 Å². The van der Waals surface area contributed by atoms with Crippen LogP contribution in [0.2, 0.25) is 0 Å². The summed E-state index contributed by atoms with van der Waals surface area (Å²) in [6.45, 7) is 6.71. The second-order valence-corrected chi connectivity index (χ2v) is 25.6. The lowest BCUT2D eigenvalue weighted by Gasteiger charge is -2.18. The van der Waals surface area contributed by atoms with Gasteiger partial charge in [0.05, 0.1) is 0 Å². The predicted octanol–water partition coefficient (Wildman–Crippen LogP) is 25.7. The van der Waals surface area contributed by atoms with Crippen LogP contribution in [-0.4, -0.2) is 37.2 Å². The van der Waals surface area contributed by atoms with Gasteiger partial charge in [-0.25, -0.2) is 0 Å². The van der Waals surface area contributed by atoms with Crippen LogP contribution in [-0.2, 0) is 28.6 Å². The quantitative estimate of drug-likeness (QED) is 0.0261. The van der Waals surface area contributed by atoms with Crippen molar-refractivity contribution in [2.45, 2.75) is 431 Å². The molecule has 0 aromatic heterocycles. The summed E-state index contributed by atoms with van der Waals surface area (Å²) in [6.07, 6.45) is 88.0.